The number of carbonyl (C=O) groups is 1. The fourth-order valence-corrected chi connectivity index (χ4v) is 5.67. The molecular weight excluding hydrogens is 647 g/mol. The summed E-state index contributed by atoms with van der Waals surface area (Å²) in [6.45, 7) is 13.2. The molecule has 2 aromatic carbocycles. The number of hydrogen-bond acceptors (Lipinski definition) is 8. The molecule has 10 nitrogen and oxygen atoms in total. The van der Waals surface area contributed by atoms with Crippen LogP contribution in [0.4, 0.5) is 19.4 Å². The van der Waals surface area contributed by atoms with E-state index < -0.39 is 37.2 Å². The average molecular weight is 689 g/mol. The minimum atomic E-state index is -1.31. The number of nitrogens with zero attached hydrogens (tertiary/aromatic N) is 4. The Bertz CT molecular complexity index is 1880. The largest absolute Gasteiger partial charge is 0.444 e. The Kier molecular flexibility index (Phi) is 10.9. The lowest BCUT2D eigenvalue weighted by atomic mass is 10.1. The smallest absolute Gasteiger partial charge is 0.407 e. The Balaban J connectivity index is 1.46. The third kappa shape index (κ3) is 9.83. The van der Waals surface area contributed by atoms with Crippen LogP contribution in [0.15, 0.2) is 73.3 Å². The predicted molar refractivity (Wildman–Crippen MR) is 188 cm³/mol. The van der Waals surface area contributed by atoms with E-state index in [1.165, 1.54) is 6.33 Å². The number of fused-ring (bicyclic) bond motifs is 1. The molecule has 49 heavy (non-hydrogen) atoms. The fraction of sp³-hybridized carbons (Fsp3) is 0.333. The Hall–Kier alpha value is -4.88. The summed E-state index contributed by atoms with van der Waals surface area (Å²) in [5, 5.41) is 6.31. The Morgan fingerprint density at radius 3 is 2.37 bits per heavy atom. The van der Waals surface area contributed by atoms with Gasteiger partial charge < -0.3 is 29.4 Å². The van der Waals surface area contributed by atoms with Gasteiger partial charge in [-0.3, -0.25) is 0 Å². The summed E-state index contributed by atoms with van der Waals surface area (Å²) in [5.41, 5.74) is 2.49. The van der Waals surface area contributed by atoms with Crippen molar-refractivity contribution in [1.82, 2.24) is 24.8 Å². The predicted octanol–water partition coefficient (Wildman–Crippen LogP) is 8.51. The molecule has 0 aliphatic heterocycles. The van der Waals surface area contributed by atoms with E-state index >= 15 is 8.78 Å². The minimum Gasteiger partial charge on any atom is -0.444 e. The van der Waals surface area contributed by atoms with Crippen LogP contribution in [0.1, 0.15) is 31.9 Å². The second-order valence-electron chi connectivity index (χ2n) is 13.9. The van der Waals surface area contributed by atoms with Crippen LogP contribution in [0.2, 0.25) is 25.7 Å². The minimum absolute atomic E-state index is 0.0334. The number of pyridine rings is 1. The van der Waals surface area contributed by atoms with Crippen LogP contribution in [-0.4, -0.2) is 45.9 Å². The molecule has 2 N–H and O–H groups in total. The summed E-state index contributed by atoms with van der Waals surface area (Å²) in [5.74, 6) is -1.94. The van der Waals surface area contributed by atoms with Crippen molar-refractivity contribution in [2.75, 3.05) is 11.9 Å². The van der Waals surface area contributed by atoms with Gasteiger partial charge in [-0.15, -0.1) is 0 Å². The number of hydrogen-bond donors (Lipinski definition) is 2. The summed E-state index contributed by atoms with van der Waals surface area (Å²) in [4.78, 5) is 25.4. The summed E-state index contributed by atoms with van der Waals surface area (Å²) in [6, 6.07) is 16.9. The molecule has 258 valence electrons. The van der Waals surface area contributed by atoms with Crippen LogP contribution in [0.3, 0.4) is 0 Å². The molecule has 0 aliphatic carbocycles. The van der Waals surface area contributed by atoms with Crippen LogP contribution in [0, 0.1) is 11.6 Å². The standard InChI is InChI=1S/C36H42F2N6O4Si/c1-36(2,3)48-35(45)41-20-25-16-28(37)32(29(38)17-25)47-34-31-27(21-44(33(31)42-22-43-34)23-46-14-15-49(4,5)6)26-12-13-39-30(18-26)40-19-24-10-8-7-9-11-24/h7-13,16-18,21-22H,14-15,19-20,23H2,1-6H3,(H,39,40)(H,41,45). The number of anilines is 1. The molecule has 0 saturated carbocycles. The molecule has 0 fully saturated rings. The summed E-state index contributed by atoms with van der Waals surface area (Å²) < 4.78 is 49.8. The first-order valence-electron chi connectivity index (χ1n) is 16.0. The topological polar surface area (TPSA) is 112 Å². The molecule has 0 aliphatic rings. The number of halogens is 2. The van der Waals surface area contributed by atoms with Crippen molar-refractivity contribution < 1.29 is 27.8 Å². The molecule has 0 spiro atoms. The van der Waals surface area contributed by atoms with Crippen molar-refractivity contribution in [2.24, 2.45) is 0 Å². The first kappa shape index (κ1) is 35.4. The van der Waals surface area contributed by atoms with Crippen molar-refractivity contribution in [2.45, 2.75) is 71.9 Å². The number of ether oxygens (including phenoxy) is 3. The van der Waals surface area contributed by atoms with Gasteiger partial charge in [0.05, 0.1) is 5.39 Å². The molecule has 0 radical (unpaired) electrons. The van der Waals surface area contributed by atoms with Gasteiger partial charge in [-0.2, -0.15) is 0 Å². The van der Waals surface area contributed by atoms with Gasteiger partial charge in [0.1, 0.15) is 30.1 Å². The van der Waals surface area contributed by atoms with Crippen LogP contribution in [0.25, 0.3) is 22.2 Å². The van der Waals surface area contributed by atoms with Gasteiger partial charge in [0.25, 0.3) is 0 Å². The molecule has 5 aromatic rings. The van der Waals surface area contributed by atoms with E-state index in [-0.39, 0.29) is 24.7 Å². The number of carbonyl (C=O) groups excluding carboxylic acids is 1. The average Bonchev–Trinajstić information content (AvgIpc) is 3.41. The lowest BCUT2D eigenvalue weighted by molar-refractivity contribution is 0.0523. The van der Waals surface area contributed by atoms with Crippen molar-refractivity contribution in [3.05, 3.63) is 96.1 Å². The van der Waals surface area contributed by atoms with E-state index in [0.29, 0.717) is 35.6 Å². The number of rotatable bonds is 13. The quantitative estimate of drug-likeness (QED) is 0.0936. The first-order valence-corrected chi connectivity index (χ1v) is 19.7. The molecule has 0 atom stereocenters. The molecule has 5 rings (SSSR count). The van der Waals surface area contributed by atoms with E-state index in [4.69, 9.17) is 14.2 Å². The summed E-state index contributed by atoms with van der Waals surface area (Å²) >= 11 is 0. The molecule has 1 amide bonds. The van der Waals surface area contributed by atoms with E-state index in [2.05, 4.69) is 45.2 Å². The van der Waals surface area contributed by atoms with E-state index in [9.17, 15) is 4.79 Å². The highest BCUT2D eigenvalue weighted by Gasteiger charge is 2.23. The zero-order valence-electron chi connectivity index (χ0n) is 28.6. The van der Waals surface area contributed by atoms with E-state index in [1.807, 2.05) is 53.2 Å². The SMILES string of the molecule is CC(C)(C)OC(=O)NCc1cc(F)c(Oc2ncnc3c2c(-c2ccnc(NCc4ccccc4)c2)cn3COCC[Si](C)(C)C)c(F)c1. The van der Waals surface area contributed by atoms with Crippen LogP contribution in [0.5, 0.6) is 11.6 Å². The number of aromatic nitrogens is 4. The maximum absolute atomic E-state index is 15.4. The van der Waals surface area contributed by atoms with E-state index in [0.717, 1.165) is 29.3 Å². The number of benzene rings is 2. The van der Waals surface area contributed by atoms with Gasteiger partial charge in [-0.1, -0.05) is 50.0 Å². The van der Waals surface area contributed by atoms with Crippen LogP contribution >= 0.6 is 0 Å². The normalized spacial score (nSPS) is 11.8. The third-order valence-corrected chi connectivity index (χ3v) is 9.03. The van der Waals surface area contributed by atoms with E-state index in [1.54, 1.807) is 27.0 Å². The number of amides is 1. The van der Waals surface area contributed by atoms with Gasteiger partial charge in [0, 0.05) is 45.7 Å². The van der Waals surface area contributed by atoms with Gasteiger partial charge in [-0.05, 0) is 67.8 Å². The monoisotopic (exact) mass is 688 g/mol. The summed E-state index contributed by atoms with van der Waals surface area (Å²) in [6.07, 6.45) is 4.14. The highest BCUT2D eigenvalue weighted by Crippen LogP contribution is 2.38. The van der Waals surface area contributed by atoms with Crippen molar-refractivity contribution in [1.29, 1.82) is 0 Å². The number of alkyl carbamates (subject to hydrolysis) is 1. The number of nitrogens with one attached hydrogen (secondary N) is 2. The Morgan fingerprint density at radius 1 is 0.939 bits per heavy atom. The van der Waals surface area contributed by atoms with Crippen molar-refractivity contribution in [3.63, 3.8) is 0 Å². The second kappa shape index (κ2) is 15.1. The highest BCUT2D eigenvalue weighted by molar-refractivity contribution is 6.76. The maximum Gasteiger partial charge on any atom is 0.407 e. The third-order valence-electron chi connectivity index (χ3n) is 7.33. The zero-order chi connectivity index (χ0) is 35.2. The molecule has 3 heterocycles. The van der Waals surface area contributed by atoms with Crippen LogP contribution < -0.4 is 15.4 Å². The molecule has 0 bridgehead atoms. The first-order chi connectivity index (χ1) is 23.3. The highest BCUT2D eigenvalue weighted by atomic mass is 28.3. The molecule has 0 unspecified atom stereocenters. The zero-order valence-corrected chi connectivity index (χ0v) is 29.6. The lowest BCUT2D eigenvalue weighted by Gasteiger charge is -2.19. The molecule has 0 saturated heterocycles. The van der Waals surface area contributed by atoms with Gasteiger partial charge in [-0.25, -0.2) is 28.5 Å². The van der Waals surface area contributed by atoms with Gasteiger partial charge in [0.15, 0.2) is 11.6 Å². The lowest BCUT2D eigenvalue weighted by Crippen LogP contribution is -2.32. The molecule has 3 aromatic heterocycles. The summed E-state index contributed by atoms with van der Waals surface area (Å²) in [7, 11) is -1.31. The van der Waals surface area contributed by atoms with Gasteiger partial charge in [0.2, 0.25) is 11.6 Å². The Morgan fingerprint density at radius 2 is 1.67 bits per heavy atom. The van der Waals surface area contributed by atoms with Crippen LogP contribution in [-0.2, 0) is 29.3 Å². The maximum atomic E-state index is 15.4. The van der Waals surface area contributed by atoms with Crippen molar-refractivity contribution >= 4 is 31.0 Å². The molecular formula is C36H42F2N6O4Si. The second-order valence-corrected chi connectivity index (χ2v) is 19.5. The van der Waals surface area contributed by atoms with Gasteiger partial charge >= 0.3 is 6.09 Å². The fourth-order valence-electron chi connectivity index (χ4n) is 4.91. The Labute approximate surface area is 285 Å². The molecule has 13 heteroatoms. The van der Waals surface area contributed by atoms with Crippen molar-refractivity contribution in [3.8, 4) is 22.8 Å².